The number of hydrogen-bond acceptors (Lipinski definition) is 3. The number of benzene rings is 1. The molecule has 0 spiro atoms. The average Bonchev–Trinajstić information content (AvgIpc) is 2.71. The monoisotopic (exact) mass is 253 g/mol. The van der Waals surface area contributed by atoms with Crippen LogP contribution in [0.2, 0.25) is 0 Å². The molecule has 4 nitrogen and oxygen atoms in total. The van der Waals surface area contributed by atoms with Gasteiger partial charge in [-0.05, 0) is 31.9 Å². The molecule has 5 heteroatoms. The van der Waals surface area contributed by atoms with Gasteiger partial charge in [0.25, 0.3) is 5.91 Å². The lowest BCUT2D eigenvalue weighted by molar-refractivity contribution is 0.0466. The van der Waals surface area contributed by atoms with Crippen LogP contribution < -0.4 is 0 Å². The van der Waals surface area contributed by atoms with Gasteiger partial charge in [-0.25, -0.2) is 4.39 Å². The SMILES string of the molecule is C[C@@]1(CO)CCCN1C(=O)c1c(O)cccc1F. The molecule has 0 bridgehead atoms. The lowest BCUT2D eigenvalue weighted by Crippen LogP contribution is -2.47. The number of nitrogens with zero attached hydrogens (tertiary/aromatic N) is 1. The first kappa shape index (κ1) is 12.8. The summed E-state index contributed by atoms with van der Waals surface area (Å²) in [6, 6.07) is 3.76. The molecular weight excluding hydrogens is 237 g/mol. The Balaban J connectivity index is 2.38. The van der Waals surface area contributed by atoms with Crippen LogP contribution in [0.25, 0.3) is 0 Å². The molecule has 18 heavy (non-hydrogen) atoms. The van der Waals surface area contributed by atoms with Crippen LogP contribution in [0.5, 0.6) is 5.75 Å². The first-order chi connectivity index (χ1) is 8.49. The lowest BCUT2D eigenvalue weighted by atomic mass is 9.99. The molecule has 1 atom stereocenters. The van der Waals surface area contributed by atoms with Crippen molar-refractivity contribution >= 4 is 5.91 Å². The molecule has 0 saturated carbocycles. The van der Waals surface area contributed by atoms with Crippen LogP contribution in [-0.4, -0.2) is 39.7 Å². The van der Waals surface area contributed by atoms with E-state index < -0.39 is 17.3 Å². The highest BCUT2D eigenvalue weighted by atomic mass is 19.1. The molecule has 0 aliphatic carbocycles. The van der Waals surface area contributed by atoms with Crippen LogP contribution in [0, 0.1) is 5.82 Å². The molecule has 1 heterocycles. The van der Waals surface area contributed by atoms with E-state index in [-0.39, 0.29) is 17.9 Å². The second-order valence-corrected chi connectivity index (χ2v) is 4.85. The molecule has 1 aromatic rings. The minimum atomic E-state index is -0.743. The van der Waals surface area contributed by atoms with E-state index in [1.807, 2.05) is 0 Å². The first-order valence-electron chi connectivity index (χ1n) is 5.90. The van der Waals surface area contributed by atoms with Gasteiger partial charge < -0.3 is 15.1 Å². The summed E-state index contributed by atoms with van der Waals surface area (Å²) < 4.78 is 13.6. The number of aromatic hydroxyl groups is 1. The van der Waals surface area contributed by atoms with Crippen molar-refractivity contribution in [2.24, 2.45) is 0 Å². The Morgan fingerprint density at radius 2 is 2.28 bits per heavy atom. The van der Waals surface area contributed by atoms with Gasteiger partial charge in [0.15, 0.2) is 0 Å². The van der Waals surface area contributed by atoms with Crippen molar-refractivity contribution in [3.8, 4) is 5.75 Å². The topological polar surface area (TPSA) is 60.8 Å². The standard InChI is InChI=1S/C13H16FNO3/c1-13(8-16)6-3-7-15(13)12(18)11-9(14)4-2-5-10(11)17/h2,4-5,16-17H,3,6-8H2,1H3/t13-/m0/s1. The van der Waals surface area contributed by atoms with Gasteiger partial charge in [-0.3, -0.25) is 4.79 Å². The highest BCUT2D eigenvalue weighted by Crippen LogP contribution is 2.32. The quantitative estimate of drug-likeness (QED) is 0.840. The maximum atomic E-state index is 13.6. The molecule has 2 rings (SSSR count). The Morgan fingerprint density at radius 1 is 1.56 bits per heavy atom. The van der Waals surface area contributed by atoms with Gasteiger partial charge in [0.1, 0.15) is 17.1 Å². The molecular formula is C13H16FNO3. The minimum Gasteiger partial charge on any atom is -0.507 e. The predicted molar refractivity (Wildman–Crippen MR) is 63.8 cm³/mol. The summed E-state index contributed by atoms with van der Waals surface area (Å²) in [5, 5.41) is 19.0. The van der Waals surface area contributed by atoms with Crippen molar-refractivity contribution in [2.45, 2.75) is 25.3 Å². The van der Waals surface area contributed by atoms with E-state index in [0.717, 1.165) is 12.5 Å². The molecule has 0 radical (unpaired) electrons. The largest absolute Gasteiger partial charge is 0.507 e. The third-order valence-electron chi connectivity index (χ3n) is 3.54. The number of halogens is 1. The molecule has 1 fully saturated rings. The number of phenolic OH excluding ortho intramolecular Hbond substituents is 1. The Kier molecular flexibility index (Phi) is 3.26. The molecule has 1 saturated heterocycles. The van der Waals surface area contributed by atoms with E-state index in [4.69, 9.17) is 0 Å². The molecule has 1 amide bonds. The van der Waals surface area contributed by atoms with E-state index >= 15 is 0 Å². The van der Waals surface area contributed by atoms with Crippen molar-refractivity contribution in [1.29, 1.82) is 0 Å². The number of rotatable bonds is 2. The number of carbonyl (C=O) groups excluding carboxylic acids is 1. The van der Waals surface area contributed by atoms with Crippen molar-refractivity contribution in [3.05, 3.63) is 29.6 Å². The van der Waals surface area contributed by atoms with E-state index in [9.17, 15) is 19.4 Å². The maximum absolute atomic E-state index is 13.6. The van der Waals surface area contributed by atoms with E-state index in [2.05, 4.69) is 0 Å². The molecule has 0 unspecified atom stereocenters. The smallest absolute Gasteiger partial charge is 0.261 e. The highest BCUT2D eigenvalue weighted by molar-refractivity contribution is 5.97. The number of phenols is 1. The van der Waals surface area contributed by atoms with Crippen molar-refractivity contribution in [2.75, 3.05) is 13.2 Å². The van der Waals surface area contributed by atoms with Gasteiger partial charge in [-0.15, -0.1) is 0 Å². The van der Waals surface area contributed by atoms with Gasteiger partial charge in [-0.2, -0.15) is 0 Å². The van der Waals surface area contributed by atoms with Crippen LogP contribution in [-0.2, 0) is 0 Å². The highest BCUT2D eigenvalue weighted by Gasteiger charge is 2.40. The normalized spacial score (nSPS) is 23.4. The van der Waals surface area contributed by atoms with E-state index in [1.54, 1.807) is 6.92 Å². The first-order valence-corrected chi connectivity index (χ1v) is 5.90. The van der Waals surface area contributed by atoms with Gasteiger partial charge in [0.05, 0.1) is 12.1 Å². The van der Waals surface area contributed by atoms with Gasteiger partial charge in [0, 0.05) is 6.54 Å². The molecule has 1 aromatic carbocycles. The number of likely N-dealkylation sites (tertiary alicyclic amines) is 1. The fraction of sp³-hybridized carbons (Fsp3) is 0.462. The lowest BCUT2D eigenvalue weighted by Gasteiger charge is -2.33. The van der Waals surface area contributed by atoms with E-state index in [1.165, 1.54) is 17.0 Å². The summed E-state index contributed by atoms with van der Waals surface area (Å²) >= 11 is 0. The summed E-state index contributed by atoms with van der Waals surface area (Å²) in [4.78, 5) is 13.7. The van der Waals surface area contributed by atoms with Crippen LogP contribution in [0.3, 0.4) is 0 Å². The molecule has 1 aliphatic heterocycles. The summed E-state index contributed by atoms with van der Waals surface area (Å²) in [6.45, 7) is 2.05. The fourth-order valence-corrected chi connectivity index (χ4v) is 2.39. The zero-order chi connectivity index (χ0) is 13.3. The third-order valence-corrected chi connectivity index (χ3v) is 3.54. The summed E-state index contributed by atoms with van der Waals surface area (Å²) in [7, 11) is 0. The van der Waals surface area contributed by atoms with E-state index in [0.29, 0.717) is 13.0 Å². The summed E-state index contributed by atoms with van der Waals surface area (Å²) in [5.74, 6) is -1.68. The van der Waals surface area contributed by atoms with Crippen molar-refractivity contribution < 1.29 is 19.4 Å². The maximum Gasteiger partial charge on any atom is 0.261 e. The zero-order valence-electron chi connectivity index (χ0n) is 10.2. The summed E-state index contributed by atoms with van der Waals surface area (Å²) in [5.41, 5.74) is -0.995. The Labute approximate surface area is 105 Å². The van der Waals surface area contributed by atoms with Crippen LogP contribution in [0.1, 0.15) is 30.1 Å². The average molecular weight is 253 g/mol. The number of carbonyl (C=O) groups is 1. The number of hydrogen-bond donors (Lipinski definition) is 2. The van der Waals surface area contributed by atoms with Gasteiger partial charge in [0.2, 0.25) is 0 Å². The second kappa shape index (κ2) is 4.57. The van der Waals surface area contributed by atoms with Crippen LogP contribution >= 0.6 is 0 Å². The number of aliphatic hydroxyl groups excluding tert-OH is 1. The Hall–Kier alpha value is -1.62. The number of amides is 1. The van der Waals surface area contributed by atoms with Crippen LogP contribution in [0.15, 0.2) is 18.2 Å². The Bertz CT molecular complexity index is 457. The zero-order valence-corrected chi connectivity index (χ0v) is 10.2. The van der Waals surface area contributed by atoms with Crippen LogP contribution in [0.4, 0.5) is 4.39 Å². The van der Waals surface area contributed by atoms with Gasteiger partial charge in [-0.1, -0.05) is 6.07 Å². The molecule has 98 valence electrons. The minimum absolute atomic E-state index is 0.173. The predicted octanol–water partition coefficient (Wildman–Crippen LogP) is 1.52. The molecule has 1 aliphatic rings. The molecule has 2 N–H and O–H groups in total. The van der Waals surface area contributed by atoms with Gasteiger partial charge >= 0.3 is 0 Å². The second-order valence-electron chi connectivity index (χ2n) is 4.85. The Morgan fingerprint density at radius 3 is 2.89 bits per heavy atom. The molecule has 0 aromatic heterocycles. The number of aliphatic hydroxyl groups is 1. The van der Waals surface area contributed by atoms with Crippen molar-refractivity contribution in [3.63, 3.8) is 0 Å². The summed E-state index contributed by atoms with van der Waals surface area (Å²) in [6.07, 6.45) is 1.43. The van der Waals surface area contributed by atoms with Crippen molar-refractivity contribution in [1.82, 2.24) is 4.90 Å². The third kappa shape index (κ3) is 1.95. The fourth-order valence-electron chi connectivity index (χ4n) is 2.39.